The van der Waals surface area contributed by atoms with Crippen LogP contribution in [0.15, 0.2) is 48.7 Å². The molecule has 4 rings (SSSR count). The molecular formula is C22H25N3O2. The number of hydrogen-bond acceptors (Lipinski definition) is 3. The summed E-state index contributed by atoms with van der Waals surface area (Å²) >= 11 is 0. The Hall–Kier alpha value is -2.66. The van der Waals surface area contributed by atoms with Gasteiger partial charge in [-0.2, -0.15) is 0 Å². The van der Waals surface area contributed by atoms with Crippen molar-refractivity contribution in [2.24, 2.45) is 0 Å². The molecule has 2 N–H and O–H groups in total. The lowest BCUT2D eigenvalue weighted by atomic mass is 10.0. The van der Waals surface area contributed by atoms with Gasteiger partial charge in [-0.3, -0.25) is 9.78 Å². The van der Waals surface area contributed by atoms with Gasteiger partial charge in [-0.25, -0.2) is 0 Å². The number of nitrogens with zero attached hydrogens (tertiary/aromatic N) is 1. The number of nitrogens with one attached hydrogen (secondary N) is 2. The fraction of sp³-hybridized carbons (Fsp3) is 0.364. The summed E-state index contributed by atoms with van der Waals surface area (Å²) in [5.41, 5.74) is 4.33. The minimum atomic E-state index is 0.102. The maximum atomic E-state index is 12.2. The van der Waals surface area contributed by atoms with Crippen molar-refractivity contribution in [3.05, 3.63) is 54.2 Å². The summed E-state index contributed by atoms with van der Waals surface area (Å²) < 4.78 is 5.55. The molecule has 1 unspecified atom stereocenters. The highest BCUT2D eigenvalue weighted by Crippen LogP contribution is 2.30. The Kier molecular flexibility index (Phi) is 5.49. The first-order valence-electron chi connectivity index (χ1n) is 9.70. The number of aromatic amines is 1. The molecule has 1 fully saturated rings. The van der Waals surface area contributed by atoms with Gasteiger partial charge in [0.15, 0.2) is 0 Å². The number of carbonyl (C=O) groups excluding carboxylic acids is 1. The Balaban J connectivity index is 1.42. The van der Waals surface area contributed by atoms with E-state index in [2.05, 4.69) is 33.5 Å². The first-order chi connectivity index (χ1) is 13.3. The molecule has 0 spiro atoms. The number of hydrogen-bond donors (Lipinski definition) is 2. The minimum Gasteiger partial charge on any atom is -0.376 e. The number of ether oxygens (including phenoxy) is 1. The van der Waals surface area contributed by atoms with E-state index in [1.807, 2.05) is 30.5 Å². The van der Waals surface area contributed by atoms with Crippen molar-refractivity contribution in [2.45, 2.75) is 38.2 Å². The van der Waals surface area contributed by atoms with Crippen molar-refractivity contribution in [1.29, 1.82) is 0 Å². The topological polar surface area (TPSA) is 67.0 Å². The van der Waals surface area contributed by atoms with Gasteiger partial charge in [0.2, 0.25) is 5.91 Å². The summed E-state index contributed by atoms with van der Waals surface area (Å²) in [7, 11) is 0. The number of aromatic nitrogens is 2. The van der Waals surface area contributed by atoms with E-state index < -0.39 is 0 Å². The Morgan fingerprint density at radius 3 is 2.93 bits per heavy atom. The van der Waals surface area contributed by atoms with Gasteiger partial charge in [0.05, 0.1) is 17.5 Å². The molecular weight excluding hydrogens is 338 g/mol. The number of aryl methyl sites for hydroxylation is 1. The van der Waals surface area contributed by atoms with Crippen LogP contribution in [0.4, 0.5) is 0 Å². The van der Waals surface area contributed by atoms with Crippen LogP contribution in [0.5, 0.6) is 0 Å². The fourth-order valence-electron chi connectivity index (χ4n) is 3.74. The van der Waals surface area contributed by atoms with Gasteiger partial charge in [-0.15, -0.1) is 0 Å². The van der Waals surface area contributed by atoms with Crippen LogP contribution in [0.2, 0.25) is 0 Å². The first-order valence-corrected chi connectivity index (χ1v) is 9.70. The highest BCUT2D eigenvalue weighted by atomic mass is 16.5. The van der Waals surface area contributed by atoms with E-state index in [9.17, 15) is 4.79 Å². The second-order valence-electron chi connectivity index (χ2n) is 7.03. The van der Waals surface area contributed by atoms with Gasteiger partial charge in [0.1, 0.15) is 0 Å². The predicted molar refractivity (Wildman–Crippen MR) is 106 cm³/mol. The smallest absolute Gasteiger partial charge is 0.220 e. The Morgan fingerprint density at radius 2 is 2.11 bits per heavy atom. The highest BCUT2D eigenvalue weighted by molar-refractivity contribution is 5.90. The lowest BCUT2D eigenvalue weighted by Crippen LogP contribution is -2.31. The summed E-state index contributed by atoms with van der Waals surface area (Å²) in [6.07, 6.45) is 6.30. The summed E-state index contributed by atoms with van der Waals surface area (Å²) in [5, 5.41) is 4.21. The molecule has 1 amide bonds. The fourth-order valence-corrected chi connectivity index (χ4v) is 3.74. The third kappa shape index (κ3) is 4.19. The molecule has 5 nitrogen and oxygen atoms in total. The molecule has 27 heavy (non-hydrogen) atoms. The summed E-state index contributed by atoms with van der Waals surface area (Å²) in [6, 6.07) is 14.2. The van der Waals surface area contributed by atoms with E-state index in [-0.39, 0.29) is 12.0 Å². The number of H-pyrrole nitrogens is 1. The molecule has 140 valence electrons. The number of fused-ring (bicyclic) bond motifs is 1. The molecule has 2 aromatic heterocycles. The molecule has 0 radical (unpaired) electrons. The molecule has 1 aliphatic rings. The van der Waals surface area contributed by atoms with E-state index in [1.54, 1.807) is 0 Å². The van der Waals surface area contributed by atoms with Crippen LogP contribution in [0.3, 0.4) is 0 Å². The molecule has 0 bridgehead atoms. The molecule has 1 saturated heterocycles. The van der Waals surface area contributed by atoms with Crippen molar-refractivity contribution in [3.63, 3.8) is 0 Å². The maximum Gasteiger partial charge on any atom is 0.220 e. The first kappa shape index (κ1) is 17.7. The normalized spacial score (nSPS) is 16.7. The minimum absolute atomic E-state index is 0.102. The monoisotopic (exact) mass is 363 g/mol. The molecule has 3 heterocycles. The Morgan fingerprint density at radius 1 is 1.22 bits per heavy atom. The average Bonchev–Trinajstić information content (AvgIpc) is 3.35. The van der Waals surface area contributed by atoms with Crippen molar-refractivity contribution >= 4 is 16.8 Å². The maximum absolute atomic E-state index is 12.2. The van der Waals surface area contributed by atoms with Gasteiger partial charge < -0.3 is 15.0 Å². The zero-order valence-corrected chi connectivity index (χ0v) is 15.4. The van der Waals surface area contributed by atoms with Crippen molar-refractivity contribution in [3.8, 4) is 11.4 Å². The number of para-hydroxylation sites is 1. The predicted octanol–water partition coefficient (Wildman–Crippen LogP) is 3.85. The molecule has 1 aromatic carbocycles. The molecule has 0 aliphatic carbocycles. The van der Waals surface area contributed by atoms with Crippen LogP contribution in [-0.4, -0.2) is 35.1 Å². The van der Waals surface area contributed by atoms with Crippen molar-refractivity contribution < 1.29 is 9.53 Å². The lowest BCUT2D eigenvalue weighted by molar-refractivity contribution is -0.121. The van der Waals surface area contributed by atoms with Crippen LogP contribution in [0, 0.1) is 0 Å². The van der Waals surface area contributed by atoms with Crippen LogP contribution >= 0.6 is 0 Å². The number of benzene rings is 1. The number of pyridine rings is 1. The van der Waals surface area contributed by atoms with Crippen LogP contribution in [-0.2, 0) is 16.0 Å². The summed E-state index contributed by atoms with van der Waals surface area (Å²) in [5.74, 6) is 0.102. The Bertz CT molecular complexity index is 898. The van der Waals surface area contributed by atoms with E-state index in [4.69, 9.17) is 4.74 Å². The Labute approximate surface area is 159 Å². The summed E-state index contributed by atoms with van der Waals surface area (Å²) in [6.45, 7) is 1.45. The van der Waals surface area contributed by atoms with E-state index in [0.29, 0.717) is 13.0 Å². The third-order valence-electron chi connectivity index (χ3n) is 5.12. The van der Waals surface area contributed by atoms with Gasteiger partial charge in [0.25, 0.3) is 0 Å². The van der Waals surface area contributed by atoms with Gasteiger partial charge in [-0.1, -0.05) is 24.3 Å². The SMILES string of the molecule is O=C(CCCc1c(-c2ccccn2)[nH]c2ccccc12)NCC1CCCO1. The third-order valence-corrected chi connectivity index (χ3v) is 5.12. The van der Waals surface area contributed by atoms with E-state index in [1.165, 1.54) is 10.9 Å². The standard InChI is InChI=1S/C22H25N3O2/c26-21(24-15-16-7-6-14-27-16)12-5-9-18-17-8-1-2-10-19(17)25-22(18)20-11-3-4-13-23-20/h1-4,8,10-11,13,16,25H,5-7,9,12,14-15H2,(H,24,26). The second-order valence-corrected chi connectivity index (χ2v) is 7.03. The number of carbonyl (C=O) groups is 1. The number of rotatable bonds is 7. The van der Waals surface area contributed by atoms with Gasteiger partial charge >= 0.3 is 0 Å². The zero-order chi connectivity index (χ0) is 18.5. The van der Waals surface area contributed by atoms with Crippen LogP contribution in [0.25, 0.3) is 22.3 Å². The van der Waals surface area contributed by atoms with Crippen molar-refractivity contribution in [1.82, 2.24) is 15.3 Å². The molecule has 1 atom stereocenters. The average molecular weight is 363 g/mol. The second kappa shape index (κ2) is 8.35. The largest absolute Gasteiger partial charge is 0.376 e. The zero-order valence-electron chi connectivity index (χ0n) is 15.4. The van der Waals surface area contributed by atoms with Gasteiger partial charge in [0, 0.05) is 36.7 Å². The summed E-state index contributed by atoms with van der Waals surface area (Å²) in [4.78, 5) is 20.2. The molecule has 5 heteroatoms. The number of amides is 1. The molecule has 1 aliphatic heterocycles. The van der Waals surface area contributed by atoms with E-state index >= 15 is 0 Å². The van der Waals surface area contributed by atoms with Gasteiger partial charge in [-0.05, 0) is 49.4 Å². The molecule has 0 saturated carbocycles. The molecule has 3 aromatic rings. The highest BCUT2D eigenvalue weighted by Gasteiger charge is 2.17. The van der Waals surface area contributed by atoms with Crippen LogP contribution < -0.4 is 5.32 Å². The van der Waals surface area contributed by atoms with Crippen LogP contribution in [0.1, 0.15) is 31.2 Å². The quantitative estimate of drug-likeness (QED) is 0.670. The van der Waals surface area contributed by atoms with Crippen molar-refractivity contribution in [2.75, 3.05) is 13.2 Å². The lowest BCUT2D eigenvalue weighted by Gasteiger charge is -2.10. The van der Waals surface area contributed by atoms with E-state index in [0.717, 1.165) is 49.2 Å².